The second-order valence-corrected chi connectivity index (χ2v) is 3.08. The van der Waals surface area contributed by atoms with Crippen molar-refractivity contribution in [3.8, 4) is 0 Å². The van der Waals surface area contributed by atoms with Crippen LogP contribution >= 0.6 is 15.9 Å². The number of esters is 1. The number of halogens is 1. The third kappa shape index (κ3) is 2.42. The van der Waals surface area contributed by atoms with Crippen LogP contribution in [0, 0.1) is 0 Å². The number of ether oxygens (including phenoxy) is 2. The van der Waals surface area contributed by atoms with Gasteiger partial charge in [0.05, 0.1) is 4.48 Å². The van der Waals surface area contributed by atoms with E-state index in [9.17, 15) is 9.59 Å². The summed E-state index contributed by atoms with van der Waals surface area (Å²) in [7, 11) is 0. The van der Waals surface area contributed by atoms with Crippen LogP contribution in [0.25, 0.3) is 0 Å². The normalized spacial score (nSPS) is 23.3. The lowest BCUT2D eigenvalue weighted by Gasteiger charge is -2.17. The van der Waals surface area contributed by atoms with E-state index in [0.717, 1.165) is 0 Å². The molecule has 0 spiro atoms. The standard InChI is InChI=1S/C7H7BrO4/c1-4(9)12-7-2-5(8)6(10)3-11-7/h2,7H,3H2,1H3. The molecule has 0 aliphatic carbocycles. The van der Waals surface area contributed by atoms with Crippen molar-refractivity contribution in [1.82, 2.24) is 0 Å². The summed E-state index contributed by atoms with van der Waals surface area (Å²) in [6, 6.07) is 0. The first-order valence-electron chi connectivity index (χ1n) is 3.29. The van der Waals surface area contributed by atoms with Gasteiger partial charge >= 0.3 is 5.97 Å². The third-order valence-electron chi connectivity index (χ3n) is 1.21. The van der Waals surface area contributed by atoms with Crippen molar-refractivity contribution in [2.45, 2.75) is 13.2 Å². The maximum atomic E-state index is 10.8. The molecule has 0 aromatic carbocycles. The van der Waals surface area contributed by atoms with E-state index in [1.165, 1.54) is 13.0 Å². The molecule has 66 valence electrons. The Morgan fingerprint density at radius 2 is 2.50 bits per heavy atom. The highest BCUT2D eigenvalue weighted by Gasteiger charge is 2.20. The minimum Gasteiger partial charge on any atom is -0.432 e. The Hall–Kier alpha value is -0.680. The van der Waals surface area contributed by atoms with Gasteiger partial charge < -0.3 is 9.47 Å². The number of rotatable bonds is 1. The lowest BCUT2D eigenvalue weighted by atomic mass is 10.3. The molecule has 0 N–H and O–H groups in total. The predicted molar refractivity (Wildman–Crippen MR) is 43.5 cm³/mol. The van der Waals surface area contributed by atoms with E-state index in [1.54, 1.807) is 0 Å². The van der Waals surface area contributed by atoms with Crippen LogP contribution in [0.1, 0.15) is 6.92 Å². The van der Waals surface area contributed by atoms with Gasteiger partial charge in [0.1, 0.15) is 6.61 Å². The summed E-state index contributed by atoms with van der Waals surface area (Å²) in [5, 5.41) is 0. The molecule has 1 unspecified atom stereocenters. The molecule has 1 aliphatic heterocycles. The van der Waals surface area contributed by atoms with Crippen molar-refractivity contribution >= 4 is 27.7 Å². The molecule has 5 heteroatoms. The van der Waals surface area contributed by atoms with Crippen molar-refractivity contribution < 1.29 is 19.1 Å². The second kappa shape index (κ2) is 3.82. The average molecular weight is 235 g/mol. The monoisotopic (exact) mass is 234 g/mol. The first kappa shape index (κ1) is 9.41. The van der Waals surface area contributed by atoms with Gasteiger partial charge in [-0.15, -0.1) is 0 Å². The predicted octanol–water partition coefficient (Wildman–Crippen LogP) is 0.754. The minimum absolute atomic E-state index is 0.0605. The summed E-state index contributed by atoms with van der Waals surface area (Å²) in [6.45, 7) is 1.22. The number of ketones is 1. The number of carbonyl (C=O) groups is 2. The van der Waals surface area contributed by atoms with Crippen molar-refractivity contribution in [2.24, 2.45) is 0 Å². The molecule has 1 aliphatic rings. The Morgan fingerprint density at radius 3 is 3.00 bits per heavy atom. The lowest BCUT2D eigenvalue weighted by molar-refractivity contribution is -0.169. The van der Waals surface area contributed by atoms with Gasteiger partial charge in [0.15, 0.2) is 5.78 Å². The molecule has 0 radical (unpaired) electrons. The van der Waals surface area contributed by atoms with Crippen molar-refractivity contribution in [1.29, 1.82) is 0 Å². The molecule has 0 aromatic heterocycles. The Kier molecular flexibility index (Phi) is 2.99. The van der Waals surface area contributed by atoms with Gasteiger partial charge in [-0.3, -0.25) is 9.59 Å². The van der Waals surface area contributed by atoms with Crippen LogP contribution in [0.15, 0.2) is 10.6 Å². The van der Waals surface area contributed by atoms with E-state index in [-0.39, 0.29) is 12.4 Å². The third-order valence-corrected chi connectivity index (χ3v) is 1.92. The first-order chi connectivity index (χ1) is 5.59. The molecule has 1 rings (SSSR count). The topological polar surface area (TPSA) is 52.6 Å². The summed E-state index contributed by atoms with van der Waals surface area (Å²) in [5.74, 6) is -0.593. The van der Waals surface area contributed by atoms with Gasteiger partial charge in [-0.25, -0.2) is 0 Å². The van der Waals surface area contributed by atoms with Gasteiger partial charge in [0, 0.05) is 13.0 Å². The van der Waals surface area contributed by atoms with Crippen LogP contribution in [0.5, 0.6) is 0 Å². The lowest BCUT2D eigenvalue weighted by Crippen LogP contribution is -2.26. The smallest absolute Gasteiger partial charge is 0.305 e. The molecule has 1 heterocycles. The summed E-state index contributed by atoms with van der Waals surface area (Å²) >= 11 is 3.02. The molecule has 4 nitrogen and oxygen atoms in total. The molecule has 1 atom stereocenters. The van der Waals surface area contributed by atoms with Crippen LogP contribution in [0.4, 0.5) is 0 Å². The van der Waals surface area contributed by atoms with E-state index < -0.39 is 12.3 Å². The van der Waals surface area contributed by atoms with Crippen LogP contribution in [0.2, 0.25) is 0 Å². The Bertz CT molecular complexity index is 246. The minimum atomic E-state index is -0.741. The quantitative estimate of drug-likeness (QED) is 0.629. The summed E-state index contributed by atoms with van der Waals surface area (Å²) in [4.78, 5) is 21.3. The number of hydrogen-bond acceptors (Lipinski definition) is 4. The van der Waals surface area contributed by atoms with Gasteiger partial charge in [0.2, 0.25) is 6.29 Å². The second-order valence-electron chi connectivity index (χ2n) is 2.23. The molecule has 0 saturated carbocycles. The molecule has 0 aromatic rings. The SMILES string of the molecule is CC(=O)OC1C=C(Br)C(=O)CO1. The first-order valence-corrected chi connectivity index (χ1v) is 4.08. The zero-order chi connectivity index (χ0) is 9.14. The van der Waals surface area contributed by atoms with Crippen molar-refractivity contribution in [3.63, 3.8) is 0 Å². The van der Waals surface area contributed by atoms with Gasteiger partial charge in [-0.1, -0.05) is 0 Å². The Labute approximate surface area is 77.7 Å². The van der Waals surface area contributed by atoms with Crippen LogP contribution < -0.4 is 0 Å². The van der Waals surface area contributed by atoms with Crippen molar-refractivity contribution in [2.75, 3.05) is 6.61 Å². The van der Waals surface area contributed by atoms with Gasteiger partial charge in [-0.2, -0.15) is 0 Å². The van der Waals surface area contributed by atoms with Crippen LogP contribution in [0.3, 0.4) is 0 Å². The van der Waals surface area contributed by atoms with E-state index in [4.69, 9.17) is 9.47 Å². The maximum absolute atomic E-state index is 10.8. The molecular weight excluding hydrogens is 228 g/mol. The maximum Gasteiger partial charge on any atom is 0.305 e. The van der Waals surface area contributed by atoms with Gasteiger partial charge in [-0.05, 0) is 15.9 Å². The molecule has 0 bridgehead atoms. The highest BCUT2D eigenvalue weighted by molar-refractivity contribution is 9.12. The average Bonchev–Trinajstić information content (AvgIpc) is 1.96. The largest absolute Gasteiger partial charge is 0.432 e. The molecule has 0 amide bonds. The summed E-state index contributed by atoms with van der Waals surface area (Å²) < 4.78 is 9.95. The fourth-order valence-corrected chi connectivity index (χ4v) is 1.05. The molecule has 12 heavy (non-hydrogen) atoms. The fraction of sp³-hybridized carbons (Fsp3) is 0.429. The van der Waals surface area contributed by atoms with E-state index >= 15 is 0 Å². The molecular formula is C7H7BrO4. The zero-order valence-electron chi connectivity index (χ0n) is 6.37. The number of hydrogen-bond donors (Lipinski definition) is 0. The Balaban J connectivity index is 2.60. The van der Waals surface area contributed by atoms with E-state index in [0.29, 0.717) is 4.48 Å². The molecule has 0 saturated heterocycles. The fourth-order valence-electron chi connectivity index (χ4n) is 0.719. The number of Topliss-reactive ketones (excluding diaryl/α,β-unsaturated/α-hetero) is 1. The van der Waals surface area contributed by atoms with Crippen molar-refractivity contribution in [3.05, 3.63) is 10.6 Å². The van der Waals surface area contributed by atoms with Crippen LogP contribution in [-0.4, -0.2) is 24.6 Å². The summed E-state index contributed by atoms with van der Waals surface area (Å²) in [6.07, 6.45) is 0.669. The Morgan fingerprint density at radius 1 is 1.83 bits per heavy atom. The van der Waals surface area contributed by atoms with E-state index in [2.05, 4.69) is 15.9 Å². The summed E-state index contributed by atoms with van der Waals surface area (Å²) in [5.41, 5.74) is 0. The van der Waals surface area contributed by atoms with Crippen LogP contribution in [-0.2, 0) is 19.1 Å². The highest BCUT2D eigenvalue weighted by Crippen LogP contribution is 2.15. The number of carbonyl (C=O) groups excluding carboxylic acids is 2. The van der Waals surface area contributed by atoms with E-state index in [1.807, 2.05) is 0 Å². The zero-order valence-corrected chi connectivity index (χ0v) is 7.96. The highest BCUT2D eigenvalue weighted by atomic mass is 79.9. The molecule has 0 fully saturated rings. The van der Waals surface area contributed by atoms with Gasteiger partial charge in [0.25, 0.3) is 0 Å².